The first-order valence-electron chi connectivity index (χ1n) is 15.7. The van der Waals surface area contributed by atoms with Crippen LogP contribution in [0, 0.1) is 13.8 Å². The lowest BCUT2D eigenvalue weighted by molar-refractivity contribution is -0.133. The Morgan fingerprint density at radius 3 is 2.40 bits per heavy atom. The molecule has 3 aliphatic rings. The summed E-state index contributed by atoms with van der Waals surface area (Å²) in [6.07, 6.45) is 8.39. The number of carbonyl (C=O) groups is 2. The summed E-state index contributed by atoms with van der Waals surface area (Å²) in [6.45, 7) is 11.7. The summed E-state index contributed by atoms with van der Waals surface area (Å²) >= 11 is 0. The molecule has 1 N–H and O–H groups in total. The van der Waals surface area contributed by atoms with E-state index in [0.29, 0.717) is 24.5 Å². The number of fused-ring (bicyclic) bond motifs is 1. The van der Waals surface area contributed by atoms with Crippen LogP contribution in [-0.4, -0.2) is 77.0 Å². The zero-order valence-corrected chi connectivity index (χ0v) is 25.4. The second-order valence-electron chi connectivity index (χ2n) is 12.7. The van der Waals surface area contributed by atoms with Crippen LogP contribution >= 0.6 is 0 Å². The highest BCUT2D eigenvalue weighted by molar-refractivity contribution is 6.00. The first-order chi connectivity index (χ1) is 20.3. The van der Waals surface area contributed by atoms with Gasteiger partial charge in [-0.15, -0.1) is 0 Å². The number of amides is 2. The molecule has 6 rings (SSSR count). The van der Waals surface area contributed by atoms with Crippen molar-refractivity contribution < 1.29 is 14.0 Å². The molecule has 0 radical (unpaired) electrons. The van der Waals surface area contributed by atoms with Gasteiger partial charge in [0.2, 0.25) is 5.91 Å². The smallest absolute Gasteiger partial charge is 0.271 e. The molecule has 1 saturated carbocycles. The normalized spacial score (nSPS) is 22.2. The molecule has 224 valence electrons. The topological polar surface area (TPSA) is 74.0 Å². The number of benzene rings is 1. The summed E-state index contributed by atoms with van der Waals surface area (Å²) in [5.74, 6) is 0.564. The Bertz CT molecular complexity index is 1400. The third-order valence-electron chi connectivity index (χ3n) is 9.68. The van der Waals surface area contributed by atoms with Gasteiger partial charge in [0.1, 0.15) is 17.0 Å². The zero-order chi connectivity index (χ0) is 29.3. The second kappa shape index (κ2) is 12.0. The molecule has 0 spiro atoms. The first kappa shape index (κ1) is 28.6. The highest BCUT2D eigenvalue weighted by Gasteiger charge is 2.48. The van der Waals surface area contributed by atoms with Crippen molar-refractivity contribution in [2.24, 2.45) is 0 Å². The lowest BCUT2D eigenvalue weighted by Crippen LogP contribution is -2.66. The van der Waals surface area contributed by atoms with E-state index in [1.165, 1.54) is 29.7 Å². The summed E-state index contributed by atoms with van der Waals surface area (Å²) in [5, 5.41) is 3.38. The molecule has 3 aromatic rings. The van der Waals surface area contributed by atoms with Crippen molar-refractivity contribution in [3.8, 4) is 11.5 Å². The second-order valence-corrected chi connectivity index (χ2v) is 12.7. The molecule has 1 aromatic carbocycles. The summed E-state index contributed by atoms with van der Waals surface area (Å²) in [7, 11) is 0. The van der Waals surface area contributed by atoms with E-state index in [0.717, 1.165) is 64.1 Å². The van der Waals surface area contributed by atoms with Crippen molar-refractivity contribution in [3.05, 3.63) is 65.5 Å². The van der Waals surface area contributed by atoms with Crippen LogP contribution < -0.4 is 10.2 Å². The molecule has 0 bridgehead atoms. The number of hydrogen-bond acceptors (Lipinski definition) is 5. The standard InChI is InChI=1S/C34H45N5O3/c1-25-12-13-26(2)30(23-25)37-19-16-36(17-20-37)18-21-39-32(40)29-15-14-28(31-11-8-22-42-31)38(29)24-34(39,3)33(41)35-27-9-6-4-5-7-10-27/h8,11-15,22-23,27H,4-7,9-10,16-21,24H2,1-3H3,(H,35,41). The number of piperazine rings is 1. The van der Waals surface area contributed by atoms with Crippen LogP contribution in [0.1, 0.15) is 67.1 Å². The minimum absolute atomic E-state index is 0.0489. The van der Waals surface area contributed by atoms with E-state index in [4.69, 9.17) is 4.42 Å². The Kier molecular flexibility index (Phi) is 8.17. The van der Waals surface area contributed by atoms with Gasteiger partial charge in [-0.3, -0.25) is 14.5 Å². The van der Waals surface area contributed by atoms with Crippen molar-refractivity contribution in [1.29, 1.82) is 0 Å². The summed E-state index contributed by atoms with van der Waals surface area (Å²) in [5.41, 5.74) is 4.34. The molecule has 42 heavy (non-hydrogen) atoms. The molecule has 8 nitrogen and oxygen atoms in total. The lowest BCUT2D eigenvalue weighted by Gasteiger charge is -2.46. The van der Waals surface area contributed by atoms with Crippen molar-refractivity contribution in [2.45, 2.75) is 77.4 Å². The van der Waals surface area contributed by atoms with Crippen molar-refractivity contribution in [1.82, 2.24) is 19.7 Å². The average Bonchev–Trinajstić information content (AvgIpc) is 3.59. The van der Waals surface area contributed by atoms with E-state index in [2.05, 4.69) is 47.2 Å². The first-order valence-corrected chi connectivity index (χ1v) is 15.7. The molecule has 8 heteroatoms. The third kappa shape index (κ3) is 5.61. The van der Waals surface area contributed by atoms with Gasteiger partial charge in [-0.2, -0.15) is 0 Å². The predicted octanol–water partition coefficient (Wildman–Crippen LogP) is 5.24. The third-order valence-corrected chi connectivity index (χ3v) is 9.68. The largest absolute Gasteiger partial charge is 0.463 e. The maximum atomic E-state index is 14.1. The molecule has 1 saturated heterocycles. The van der Waals surface area contributed by atoms with Gasteiger partial charge in [0.25, 0.3) is 5.91 Å². The van der Waals surface area contributed by atoms with Crippen LogP contribution in [0.25, 0.3) is 11.5 Å². The molecule has 1 atom stereocenters. The molecule has 1 aliphatic carbocycles. The highest BCUT2D eigenvalue weighted by atomic mass is 16.3. The van der Waals surface area contributed by atoms with Crippen LogP contribution in [0.5, 0.6) is 0 Å². The number of furan rings is 1. The van der Waals surface area contributed by atoms with Crippen LogP contribution in [0.3, 0.4) is 0 Å². The molecule has 2 amide bonds. The lowest BCUT2D eigenvalue weighted by atomic mass is 9.93. The fraction of sp³-hybridized carbons (Fsp3) is 0.529. The van der Waals surface area contributed by atoms with Gasteiger partial charge in [-0.25, -0.2) is 0 Å². The number of nitrogens with one attached hydrogen (secondary N) is 1. The van der Waals surface area contributed by atoms with Crippen LogP contribution in [-0.2, 0) is 11.3 Å². The SMILES string of the molecule is Cc1ccc(C)c(N2CCN(CCN3C(=O)c4ccc(-c5ccco5)n4CC3(C)C(=O)NC3CCCCCC3)CC2)c1. The van der Waals surface area contributed by atoms with Gasteiger partial charge in [-0.1, -0.05) is 37.8 Å². The Balaban J connectivity index is 1.20. The van der Waals surface area contributed by atoms with Gasteiger partial charge in [0.15, 0.2) is 0 Å². The maximum Gasteiger partial charge on any atom is 0.271 e. The van der Waals surface area contributed by atoms with Crippen molar-refractivity contribution in [3.63, 3.8) is 0 Å². The quantitative estimate of drug-likeness (QED) is 0.393. The summed E-state index contributed by atoms with van der Waals surface area (Å²) in [6, 6.07) is 14.4. The number of nitrogens with zero attached hydrogens (tertiary/aromatic N) is 4. The molecule has 1 unspecified atom stereocenters. The Morgan fingerprint density at radius 2 is 1.69 bits per heavy atom. The van der Waals surface area contributed by atoms with Crippen LogP contribution in [0.2, 0.25) is 0 Å². The zero-order valence-electron chi connectivity index (χ0n) is 25.4. The summed E-state index contributed by atoms with van der Waals surface area (Å²) < 4.78 is 7.67. The fourth-order valence-electron chi connectivity index (χ4n) is 7.04. The van der Waals surface area contributed by atoms with E-state index in [1.807, 2.05) is 40.7 Å². The number of aryl methyl sites for hydroxylation is 2. The van der Waals surface area contributed by atoms with Crippen molar-refractivity contribution >= 4 is 17.5 Å². The minimum atomic E-state index is -1.00. The van der Waals surface area contributed by atoms with Gasteiger partial charge < -0.3 is 24.1 Å². The van der Waals surface area contributed by atoms with E-state index in [-0.39, 0.29) is 17.9 Å². The molecule has 2 aromatic heterocycles. The van der Waals surface area contributed by atoms with E-state index in [9.17, 15) is 9.59 Å². The molecular weight excluding hydrogens is 526 g/mol. The number of carbonyl (C=O) groups excluding carboxylic acids is 2. The van der Waals surface area contributed by atoms with Crippen LogP contribution in [0.4, 0.5) is 5.69 Å². The van der Waals surface area contributed by atoms with Gasteiger partial charge >= 0.3 is 0 Å². The molecular formula is C34H45N5O3. The maximum absolute atomic E-state index is 14.1. The predicted molar refractivity (Wildman–Crippen MR) is 166 cm³/mol. The van der Waals surface area contributed by atoms with Gasteiger partial charge in [-0.05, 0) is 75.1 Å². The van der Waals surface area contributed by atoms with E-state index >= 15 is 0 Å². The number of aromatic nitrogens is 1. The monoisotopic (exact) mass is 571 g/mol. The molecule has 2 fully saturated rings. The Morgan fingerprint density at radius 1 is 0.952 bits per heavy atom. The minimum Gasteiger partial charge on any atom is -0.463 e. The van der Waals surface area contributed by atoms with Crippen LogP contribution in [0.15, 0.2) is 53.1 Å². The van der Waals surface area contributed by atoms with E-state index < -0.39 is 5.54 Å². The highest BCUT2D eigenvalue weighted by Crippen LogP contribution is 2.34. The van der Waals surface area contributed by atoms with Crippen molar-refractivity contribution in [2.75, 3.05) is 44.2 Å². The Hall–Kier alpha value is -3.52. The van der Waals surface area contributed by atoms with E-state index in [1.54, 1.807) is 6.26 Å². The molecule has 2 aliphatic heterocycles. The van der Waals surface area contributed by atoms with Gasteiger partial charge in [0.05, 0.1) is 18.5 Å². The molecule has 4 heterocycles. The number of anilines is 1. The van der Waals surface area contributed by atoms with Gasteiger partial charge in [0, 0.05) is 51.0 Å². The average molecular weight is 572 g/mol. The Labute approximate surface area is 249 Å². The number of hydrogen-bond donors (Lipinski definition) is 1. The number of rotatable bonds is 7. The summed E-state index contributed by atoms with van der Waals surface area (Å²) in [4.78, 5) is 35.0. The fourth-order valence-corrected chi connectivity index (χ4v) is 7.04.